The lowest BCUT2D eigenvalue weighted by Gasteiger charge is -2.26. The zero-order valence-corrected chi connectivity index (χ0v) is 10.3. The maximum absolute atomic E-state index is 6.17. The van der Waals surface area contributed by atoms with E-state index in [2.05, 4.69) is 11.0 Å². The summed E-state index contributed by atoms with van der Waals surface area (Å²) >= 11 is 6.17. The van der Waals surface area contributed by atoms with Gasteiger partial charge in [-0.05, 0) is 44.0 Å². The minimum absolute atomic E-state index is 0.447. The number of likely N-dealkylation sites (tertiary alicyclic amines) is 1. The fourth-order valence-electron chi connectivity index (χ4n) is 2.39. The quantitative estimate of drug-likeness (QED) is 0.872. The van der Waals surface area contributed by atoms with Gasteiger partial charge in [-0.1, -0.05) is 29.8 Å². The normalized spacial score (nSPS) is 18.9. The molecule has 1 fully saturated rings. The first kappa shape index (κ1) is 11.9. The maximum Gasteiger partial charge on any atom is 0.0438 e. The molecule has 1 aromatic carbocycles. The van der Waals surface area contributed by atoms with E-state index < -0.39 is 0 Å². The van der Waals surface area contributed by atoms with Gasteiger partial charge in [0.15, 0.2) is 0 Å². The number of benzene rings is 1. The van der Waals surface area contributed by atoms with Crippen molar-refractivity contribution < 1.29 is 0 Å². The number of hydrogen-bond acceptors (Lipinski definition) is 2. The topological polar surface area (TPSA) is 29.3 Å². The summed E-state index contributed by atoms with van der Waals surface area (Å²) in [7, 11) is 0. The van der Waals surface area contributed by atoms with Crippen LogP contribution in [0.5, 0.6) is 0 Å². The first-order chi connectivity index (χ1) is 7.81. The zero-order valence-electron chi connectivity index (χ0n) is 9.53. The number of nitrogens with two attached hydrogens (primary N) is 1. The van der Waals surface area contributed by atoms with Crippen LogP contribution in [0.2, 0.25) is 5.02 Å². The largest absolute Gasteiger partial charge is 0.329 e. The highest BCUT2D eigenvalue weighted by Gasteiger charge is 2.21. The van der Waals surface area contributed by atoms with E-state index in [-0.39, 0.29) is 0 Å². The molecular formula is C13H19ClN2. The van der Waals surface area contributed by atoms with E-state index in [1.807, 2.05) is 18.2 Å². The molecule has 1 unspecified atom stereocenters. The monoisotopic (exact) mass is 238 g/mol. The summed E-state index contributed by atoms with van der Waals surface area (Å²) in [5, 5.41) is 0.861. The minimum atomic E-state index is 0.447. The Kier molecular flexibility index (Phi) is 4.22. The maximum atomic E-state index is 6.17. The van der Waals surface area contributed by atoms with E-state index in [4.69, 9.17) is 17.3 Å². The molecule has 3 heteroatoms. The average molecular weight is 239 g/mol. The van der Waals surface area contributed by atoms with Crippen LogP contribution >= 0.6 is 11.6 Å². The van der Waals surface area contributed by atoms with Gasteiger partial charge in [0.05, 0.1) is 0 Å². The van der Waals surface area contributed by atoms with E-state index in [0.717, 1.165) is 11.4 Å². The van der Waals surface area contributed by atoms with Crippen molar-refractivity contribution in [2.75, 3.05) is 19.6 Å². The molecule has 16 heavy (non-hydrogen) atoms. The van der Waals surface area contributed by atoms with Gasteiger partial charge in [0.1, 0.15) is 0 Å². The molecule has 0 bridgehead atoms. The van der Waals surface area contributed by atoms with Crippen molar-refractivity contribution in [2.45, 2.75) is 25.3 Å². The number of nitrogens with zero attached hydrogens (tertiary/aromatic N) is 1. The molecule has 0 aliphatic carbocycles. The van der Waals surface area contributed by atoms with Gasteiger partial charge in [-0.2, -0.15) is 0 Å². The molecular weight excluding hydrogens is 220 g/mol. The Balaban J connectivity index is 2.03. The van der Waals surface area contributed by atoms with E-state index >= 15 is 0 Å². The number of halogens is 1. The third-order valence-corrected chi connectivity index (χ3v) is 3.71. The molecule has 0 saturated carbocycles. The van der Waals surface area contributed by atoms with Crippen molar-refractivity contribution in [2.24, 2.45) is 5.73 Å². The third-order valence-electron chi connectivity index (χ3n) is 3.34. The second-order valence-electron chi connectivity index (χ2n) is 4.43. The molecule has 2 rings (SSSR count). The molecule has 2 N–H and O–H groups in total. The van der Waals surface area contributed by atoms with E-state index in [0.29, 0.717) is 12.6 Å². The molecule has 88 valence electrons. The lowest BCUT2D eigenvalue weighted by atomic mass is 10.0. The Morgan fingerprint density at radius 1 is 1.25 bits per heavy atom. The van der Waals surface area contributed by atoms with Crippen LogP contribution in [-0.2, 0) is 6.42 Å². The van der Waals surface area contributed by atoms with Gasteiger partial charge >= 0.3 is 0 Å². The Labute approximate surface area is 102 Å². The first-order valence-electron chi connectivity index (χ1n) is 5.99. The van der Waals surface area contributed by atoms with Crippen LogP contribution in [0.25, 0.3) is 0 Å². The van der Waals surface area contributed by atoms with Gasteiger partial charge in [-0.3, -0.25) is 4.90 Å². The van der Waals surface area contributed by atoms with Gasteiger partial charge in [-0.25, -0.2) is 0 Å². The van der Waals surface area contributed by atoms with Crippen LogP contribution in [0.1, 0.15) is 18.4 Å². The van der Waals surface area contributed by atoms with Gasteiger partial charge in [0.2, 0.25) is 0 Å². The second-order valence-corrected chi connectivity index (χ2v) is 4.84. The standard InChI is InChI=1S/C13H19ClN2/c14-13-6-2-1-5-11(13)9-12(10-15)16-7-3-4-8-16/h1-2,5-6,12H,3-4,7-10,15H2. The van der Waals surface area contributed by atoms with Crippen molar-refractivity contribution in [3.8, 4) is 0 Å². The predicted octanol–water partition coefficient (Wildman–Crippen LogP) is 2.31. The van der Waals surface area contributed by atoms with Crippen molar-refractivity contribution >= 4 is 11.6 Å². The Morgan fingerprint density at radius 3 is 2.56 bits per heavy atom. The van der Waals surface area contributed by atoms with Crippen LogP contribution in [-0.4, -0.2) is 30.6 Å². The van der Waals surface area contributed by atoms with Gasteiger partial charge in [0, 0.05) is 17.6 Å². The van der Waals surface area contributed by atoms with E-state index in [1.165, 1.54) is 31.5 Å². The average Bonchev–Trinajstić information content (AvgIpc) is 2.81. The summed E-state index contributed by atoms with van der Waals surface area (Å²) in [6, 6.07) is 8.51. The van der Waals surface area contributed by atoms with Crippen molar-refractivity contribution in [1.29, 1.82) is 0 Å². The second kappa shape index (κ2) is 5.67. The summed E-state index contributed by atoms with van der Waals surface area (Å²) in [5.74, 6) is 0. The molecule has 1 atom stereocenters. The molecule has 1 aliphatic heterocycles. The summed E-state index contributed by atoms with van der Waals surface area (Å²) < 4.78 is 0. The van der Waals surface area contributed by atoms with Crippen LogP contribution in [0, 0.1) is 0 Å². The number of hydrogen-bond donors (Lipinski definition) is 1. The molecule has 0 spiro atoms. The molecule has 0 amide bonds. The molecule has 0 radical (unpaired) electrons. The Hall–Kier alpha value is -0.570. The lowest BCUT2D eigenvalue weighted by molar-refractivity contribution is 0.246. The van der Waals surface area contributed by atoms with Crippen LogP contribution in [0.3, 0.4) is 0 Å². The van der Waals surface area contributed by atoms with Crippen LogP contribution in [0.15, 0.2) is 24.3 Å². The van der Waals surface area contributed by atoms with Crippen LogP contribution < -0.4 is 5.73 Å². The highest BCUT2D eigenvalue weighted by atomic mass is 35.5. The molecule has 1 aromatic rings. The molecule has 1 aliphatic rings. The van der Waals surface area contributed by atoms with E-state index in [1.54, 1.807) is 0 Å². The SMILES string of the molecule is NCC(Cc1ccccc1Cl)N1CCCC1. The summed E-state index contributed by atoms with van der Waals surface area (Å²) in [6.45, 7) is 3.09. The number of rotatable bonds is 4. The van der Waals surface area contributed by atoms with Gasteiger partial charge in [-0.15, -0.1) is 0 Å². The minimum Gasteiger partial charge on any atom is -0.329 e. The molecule has 2 nitrogen and oxygen atoms in total. The predicted molar refractivity (Wildman–Crippen MR) is 68.8 cm³/mol. The molecule has 1 saturated heterocycles. The fourth-order valence-corrected chi connectivity index (χ4v) is 2.60. The van der Waals surface area contributed by atoms with E-state index in [9.17, 15) is 0 Å². The fraction of sp³-hybridized carbons (Fsp3) is 0.538. The highest BCUT2D eigenvalue weighted by molar-refractivity contribution is 6.31. The van der Waals surface area contributed by atoms with Gasteiger partial charge < -0.3 is 5.73 Å². The van der Waals surface area contributed by atoms with Crippen molar-refractivity contribution in [1.82, 2.24) is 4.90 Å². The molecule has 1 heterocycles. The molecule has 0 aromatic heterocycles. The Morgan fingerprint density at radius 2 is 1.94 bits per heavy atom. The summed E-state index contributed by atoms with van der Waals surface area (Å²) in [4.78, 5) is 2.49. The van der Waals surface area contributed by atoms with Crippen molar-refractivity contribution in [3.05, 3.63) is 34.9 Å². The summed E-state index contributed by atoms with van der Waals surface area (Å²) in [6.07, 6.45) is 3.58. The van der Waals surface area contributed by atoms with Gasteiger partial charge in [0.25, 0.3) is 0 Å². The lowest BCUT2D eigenvalue weighted by Crippen LogP contribution is -2.40. The third kappa shape index (κ3) is 2.76. The van der Waals surface area contributed by atoms with Crippen LogP contribution in [0.4, 0.5) is 0 Å². The highest BCUT2D eigenvalue weighted by Crippen LogP contribution is 2.20. The smallest absolute Gasteiger partial charge is 0.0438 e. The Bertz CT molecular complexity index is 334. The van der Waals surface area contributed by atoms with Crippen molar-refractivity contribution in [3.63, 3.8) is 0 Å². The summed E-state index contributed by atoms with van der Waals surface area (Å²) in [5.41, 5.74) is 7.08. The zero-order chi connectivity index (χ0) is 11.4. The first-order valence-corrected chi connectivity index (χ1v) is 6.36.